The summed E-state index contributed by atoms with van der Waals surface area (Å²) in [5.41, 5.74) is 0. The number of sulfonamides is 1. The van der Waals surface area contributed by atoms with Crippen LogP contribution in [0.15, 0.2) is 16.3 Å². The molecule has 0 aliphatic carbocycles. The van der Waals surface area contributed by atoms with E-state index in [4.69, 9.17) is 11.6 Å². The third-order valence-electron chi connectivity index (χ3n) is 3.04. The van der Waals surface area contributed by atoms with Crippen molar-refractivity contribution in [2.45, 2.75) is 42.8 Å². The molecule has 0 aromatic carbocycles. The van der Waals surface area contributed by atoms with Gasteiger partial charge in [-0.2, -0.15) is 13.2 Å². The van der Waals surface area contributed by atoms with Gasteiger partial charge in [0.2, 0.25) is 10.0 Å². The summed E-state index contributed by atoms with van der Waals surface area (Å²) in [6.45, 7) is 3.04. The maximum Gasteiger partial charge on any atom is 0.415 e. The Labute approximate surface area is 130 Å². The second kappa shape index (κ2) is 6.82. The summed E-state index contributed by atoms with van der Waals surface area (Å²) in [7, 11) is -4.18. The molecule has 0 aliphatic rings. The van der Waals surface area contributed by atoms with Crippen LogP contribution < -0.4 is 4.72 Å². The molecule has 0 amide bonds. The van der Waals surface area contributed by atoms with Crippen molar-refractivity contribution in [3.63, 3.8) is 0 Å². The van der Waals surface area contributed by atoms with Crippen LogP contribution in [0.4, 0.5) is 13.2 Å². The van der Waals surface area contributed by atoms with Crippen molar-refractivity contribution in [1.82, 2.24) is 4.72 Å². The van der Waals surface area contributed by atoms with Crippen molar-refractivity contribution in [2.24, 2.45) is 5.92 Å². The number of hydrogen-bond donors (Lipinski definition) is 2. The second-order valence-corrected chi connectivity index (χ2v) is 8.23. The number of aliphatic hydroxyl groups excluding tert-OH is 1. The van der Waals surface area contributed by atoms with Crippen molar-refractivity contribution < 1.29 is 26.7 Å². The van der Waals surface area contributed by atoms with Crippen LogP contribution in [0.5, 0.6) is 0 Å². The van der Waals surface area contributed by atoms with Crippen LogP contribution in [0.1, 0.15) is 20.3 Å². The normalized spacial score (nSPS) is 17.5. The van der Waals surface area contributed by atoms with E-state index in [0.717, 1.165) is 11.3 Å². The zero-order valence-electron chi connectivity index (χ0n) is 11.2. The van der Waals surface area contributed by atoms with Crippen LogP contribution in [-0.4, -0.2) is 31.8 Å². The Morgan fingerprint density at radius 1 is 1.43 bits per heavy atom. The quantitative estimate of drug-likeness (QED) is 0.814. The highest BCUT2D eigenvalue weighted by Gasteiger charge is 2.46. The number of alkyl halides is 3. The molecule has 0 saturated heterocycles. The molecule has 1 rings (SSSR count). The molecule has 0 bridgehead atoms. The standard InChI is InChI=1S/C11H15ClF3NO3S2/c1-3-6(2)9(10(17)11(13,14)15)16-21(18,19)8-5-4-7(12)20-8/h4-6,9-10,16-17H,3H2,1-2H3/t6?,9-,10?/m0/s1. The fraction of sp³-hybridized carbons (Fsp3) is 0.636. The van der Waals surface area contributed by atoms with E-state index in [9.17, 15) is 26.7 Å². The Kier molecular flexibility index (Phi) is 6.08. The minimum Gasteiger partial charge on any atom is -0.382 e. The molecular formula is C11H15ClF3NO3S2. The summed E-state index contributed by atoms with van der Waals surface area (Å²) in [4.78, 5) is 0. The number of nitrogens with one attached hydrogen (secondary N) is 1. The molecule has 0 fully saturated rings. The van der Waals surface area contributed by atoms with Gasteiger partial charge in [0, 0.05) is 0 Å². The highest BCUT2D eigenvalue weighted by molar-refractivity contribution is 7.91. The number of thiophene rings is 1. The molecule has 0 aliphatic heterocycles. The van der Waals surface area contributed by atoms with Crippen LogP contribution in [0, 0.1) is 5.92 Å². The van der Waals surface area contributed by atoms with Crippen LogP contribution in [0.2, 0.25) is 4.34 Å². The molecule has 21 heavy (non-hydrogen) atoms. The summed E-state index contributed by atoms with van der Waals surface area (Å²) in [6, 6.07) is 0.864. The Morgan fingerprint density at radius 3 is 2.38 bits per heavy atom. The lowest BCUT2D eigenvalue weighted by atomic mass is 9.95. The van der Waals surface area contributed by atoms with Gasteiger partial charge in [0.25, 0.3) is 0 Å². The highest BCUT2D eigenvalue weighted by Crippen LogP contribution is 2.30. The first-order valence-corrected chi connectivity index (χ1v) is 8.69. The molecule has 1 aromatic rings. The van der Waals surface area contributed by atoms with Crippen molar-refractivity contribution >= 4 is 33.0 Å². The zero-order valence-corrected chi connectivity index (χ0v) is 13.6. The minimum atomic E-state index is -4.91. The van der Waals surface area contributed by atoms with E-state index in [2.05, 4.69) is 0 Å². The highest BCUT2D eigenvalue weighted by atomic mass is 35.5. The van der Waals surface area contributed by atoms with Gasteiger partial charge in [0.1, 0.15) is 4.21 Å². The number of aliphatic hydroxyl groups is 1. The molecule has 1 heterocycles. The Bertz CT molecular complexity index is 574. The minimum absolute atomic E-state index is 0.199. The van der Waals surface area contributed by atoms with Crippen LogP contribution in [-0.2, 0) is 10.0 Å². The fourth-order valence-corrected chi connectivity index (χ4v) is 4.48. The maximum absolute atomic E-state index is 12.7. The monoisotopic (exact) mass is 365 g/mol. The van der Waals surface area contributed by atoms with Gasteiger partial charge in [-0.15, -0.1) is 11.3 Å². The smallest absolute Gasteiger partial charge is 0.382 e. The summed E-state index contributed by atoms with van der Waals surface area (Å²) in [5.74, 6) is -0.702. The van der Waals surface area contributed by atoms with Gasteiger partial charge >= 0.3 is 6.18 Å². The zero-order chi connectivity index (χ0) is 16.4. The van der Waals surface area contributed by atoms with E-state index < -0.39 is 34.3 Å². The molecular weight excluding hydrogens is 351 g/mol. The molecule has 10 heteroatoms. The van der Waals surface area contributed by atoms with Crippen molar-refractivity contribution in [2.75, 3.05) is 0 Å². The summed E-state index contributed by atoms with van der Waals surface area (Å²) in [5, 5.41) is 9.39. The van der Waals surface area contributed by atoms with Crippen molar-refractivity contribution in [3.05, 3.63) is 16.5 Å². The maximum atomic E-state index is 12.7. The van der Waals surface area contributed by atoms with Crippen LogP contribution in [0.25, 0.3) is 0 Å². The molecule has 0 radical (unpaired) electrons. The van der Waals surface area contributed by atoms with Crippen molar-refractivity contribution in [1.29, 1.82) is 0 Å². The van der Waals surface area contributed by atoms with E-state index in [0.29, 0.717) is 0 Å². The molecule has 3 atom stereocenters. The molecule has 2 N–H and O–H groups in total. The van der Waals surface area contributed by atoms with Gasteiger partial charge in [0.15, 0.2) is 6.10 Å². The predicted molar refractivity (Wildman–Crippen MR) is 75.0 cm³/mol. The summed E-state index contributed by atoms with van der Waals surface area (Å²) < 4.78 is 64.1. The molecule has 2 unspecified atom stereocenters. The van der Waals surface area contributed by atoms with Gasteiger partial charge in [-0.05, 0) is 18.1 Å². The SMILES string of the molecule is CCC(C)[C@H](NS(=O)(=O)c1ccc(Cl)s1)C(O)C(F)(F)F. The van der Waals surface area contributed by atoms with Crippen molar-refractivity contribution in [3.8, 4) is 0 Å². The summed E-state index contributed by atoms with van der Waals surface area (Å²) >= 11 is 6.35. The number of rotatable bonds is 6. The van der Waals surface area contributed by atoms with Gasteiger partial charge in [-0.1, -0.05) is 31.9 Å². The Morgan fingerprint density at radius 2 is 2.00 bits per heavy atom. The van der Waals surface area contributed by atoms with E-state index in [1.165, 1.54) is 19.1 Å². The molecule has 4 nitrogen and oxygen atoms in total. The van der Waals surface area contributed by atoms with Gasteiger partial charge < -0.3 is 5.11 Å². The lowest BCUT2D eigenvalue weighted by Gasteiger charge is -2.29. The molecule has 0 saturated carbocycles. The first-order chi connectivity index (χ1) is 9.49. The fourth-order valence-electron chi connectivity index (χ4n) is 1.63. The number of hydrogen-bond acceptors (Lipinski definition) is 4. The predicted octanol–water partition coefficient (Wildman–Crippen LogP) is 3.02. The second-order valence-electron chi connectivity index (χ2n) is 4.58. The Balaban J connectivity index is 3.07. The first kappa shape index (κ1) is 18.7. The van der Waals surface area contributed by atoms with Gasteiger partial charge in [-0.3, -0.25) is 0 Å². The third-order valence-corrected chi connectivity index (χ3v) is 6.22. The average molecular weight is 366 g/mol. The Hall–Kier alpha value is -0.350. The average Bonchev–Trinajstić information content (AvgIpc) is 2.80. The first-order valence-electron chi connectivity index (χ1n) is 6.01. The third kappa shape index (κ3) is 4.82. The lowest BCUT2D eigenvalue weighted by Crippen LogP contribution is -2.52. The van der Waals surface area contributed by atoms with E-state index in [1.54, 1.807) is 6.92 Å². The molecule has 1 aromatic heterocycles. The molecule has 0 spiro atoms. The summed E-state index contributed by atoms with van der Waals surface area (Å²) in [6.07, 6.45) is -7.42. The van der Waals surface area contributed by atoms with Crippen LogP contribution in [0.3, 0.4) is 0 Å². The van der Waals surface area contributed by atoms with Gasteiger partial charge in [-0.25, -0.2) is 13.1 Å². The number of halogens is 4. The van der Waals surface area contributed by atoms with Crippen LogP contribution >= 0.6 is 22.9 Å². The molecule has 122 valence electrons. The van der Waals surface area contributed by atoms with Gasteiger partial charge in [0.05, 0.1) is 10.4 Å². The van der Waals surface area contributed by atoms with E-state index >= 15 is 0 Å². The van der Waals surface area contributed by atoms with E-state index in [1.807, 2.05) is 4.72 Å². The topological polar surface area (TPSA) is 66.4 Å². The lowest BCUT2D eigenvalue weighted by molar-refractivity contribution is -0.214. The largest absolute Gasteiger partial charge is 0.415 e. The van der Waals surface area contributed by atoms with E-state index in [-0.39, 0.29) is 15.0 Å².